The van der Waals surface area contributed by atoms with E-state index >= 15 is 0 Å². The molecule has 144 valence electrons. The van der Waals surface area contributed by atoms with Crippen LogP contribution >= 0.6 is 0 Å². The molecule has 4 nitrogen and oxygen atoms in total. The highest BCUT2D eigenvalue weighted by Crippen LogP contribution is 2.40. The van der Waals surface area contributed by atoms with Gasteiger partial charge in [-0.2, -0.15) is 0 Å². The van der Waals surface area contributed by atoms with Crippen molar-refractivity contribution < 1.29 is 9.90 Å². The zero-order chi connectivity index (χ0) is 19.1. The van der Waals surface area contributed by atoms with Crippen molar-refractivity contribution in [1.29, 1.82) is 0 Å². The van der Waals surface area contributed by atoms with Gasteiger partial charge in [0.25, 0.3) is 0 Å². The van der Waals surface area contributed by atoms with Crippen LogP contribution in [0.15, 0.2) is 48.5 Å². The number of nitrogens with zero attached hydrogens (tertiary/aromatic N) is 1. The molecule has 0 saturated heterocycles. The summed E-state index contributed by atoms with van der Waals surface area (Å²) >= 11 is 0. The minimum Gasteiger partial charge on any atom is -0.477 e. The van der Waals surface area contributed by atoms with Gasteiger partial charge in [0.2, 0.25) is 0 Å². The third-order valence-corrected chi connectivity index (χ3v) is 6.32. The summed E-state index contributed by atoms with van der Waals surface area (Å²) in [6.07, 6.45) is 6.23. The van der Waals surface area contributed by atoms with Gasteiger partial charge in [-0.15, -0.1) is 0 Å². The van der Waals surface area contributed by atoms with Crippen LogP contribution in [0.25, 0.3) is 10.9 Å². The number of hydrogen-bond donors (Lipinski definition) is 2. The van der Waals surface area contributed by atoms with Gasteiger partial charge < -0.3 is 15.0 Å². The molecule has 3 aromatic rings. The molecule has 0 unspecified atom stereocenters. The molecule has 2 aliphatic rings. The average molecular weight is 374 g/mol. The van der Waals surface area contributed by atoms with E-state index in [1.807, 2.05) is 28.8 Å². The first-order valence-corrected chi connectivity index (χ1v) is 10.4. The van der Waals surface area contributed by atoms with Gasteiger partial charge in [0.1, 0.15) is 5.69 Å². The Hall–Kier alpha value is -2.59. The Morgan fingerprint density at radius 2 is 1.79 bits per heavy atom. The number of benzene rings is 2. The van der Waals surface area contributed by atoms with Gasteiger partial charge in [0.05, 0.1) is 0 Å². The number of fused-ring (bicyclic) bond motifs is 1. The Balaban J connectivity index is 1.52. The molecule has 0 amide bonds. The smallest absolute Gasteiger partial charge is 0.352 e. The van der Waals surface area contributed by atoms with Gasteiger partial charge in [0.15, 0.2) is 0 Å². The van der Waals surface area contributed by atoms with E-state index in [0.29, 0.717) is 24.8 Å². The Labute approximate surface area is 165 Å². The van der Waals surface area contributed by atoms with Crippen molar-refractivity contribution in [2.45, 2.75) is 57.2 Å². The first kappa shape index (κ1) is 17.5. The molecule has 2 fully saturated rings. The third kappa shape index (κ3) is 3.22. The second kappa shape index (κ2) is 7.10. The van der Waals surface area contributed by atoms with E-state index in [9.17, 15) is 9.90 Å². The van der Waals surface area contributed by atoms with E-state index in [2.05, 4.69) is 29.6 Å². The topological polar surface area (TPSA) is 54.3 Å². The summed E-state index contributed by atoms with van der Waals surface area (Å²) in [6, 6.07) is 17.3. The highest BCUT2D eigenvalue weighted by molar-refractivity contribution is 5.98. The van der Waals surface area contributed by atoms with Gasteiger partial charge in [-0.25, -0.2) is 4.79 Å². The zero-order valence-electron chi connectivity index (χ0n) is 16.0. The lowest BCUT2D eigenvalue weighted by molar-refractivity contribution is 0.0684. The largest absolute Gasteiger partial charge is 0.477 e. The van der Waals surface area contributed by atoms with Gasteiger partial charge in [-0.1, -0.05) is 48.9 Å². The molecule has 28 heavy (non-hydrogen) atoms. The number of aromatic nitrogens is 1. The fraction of sp³-hybridized carbons (Fsp3) is 0.375. The van der Waals surface area contributed by atoms with Gasteiger partial charge in [0, 0.05) is 35.6 Å². The highest BCUT2D eigenvalue weighted by atomic mass is 16.4. The molecule has 0 atom stereocenters. The van der Waals surface area contributed by atoms with Crippen molar-refractivity contribution in [2.75, 3.05) is 0 Å². The Morgan fingerprint density at radius 1 is 1.04 bits per heavy atom. The number of nitrogens with one attached hydrogen (secondary N) is 1. The quantitative estimate of drug-likeness (QED) is 0.618. The molecule has 4 heteroatoms. The van der Waals surface area contributed by atoms with E-state index in [4.69, 9.17) is 0 Å². The Morgan fingerprint density at radius 3 is 2.43 bits per heavy atom. The predicted octanol–water partition coefficient (Wildman–Crippen LogP) is 4.91. The lowest BCUT2D eigenvalue weighted by atomic mass is 9.93. The highest BCUT2D eigenvalue weighted by Gasteiger charge is 2.25. The summed E-state index contributed by atoms with van der Waals surface area (Å²) in [7, 11) is 0. The molecule has 0 radical (unpaired) electrons. The fourth-order valence-electron chi connectivity index (χ4n) is 4.32. The number of para-hydroxylation sites is 1. The molecule has 1 heterocycles. The maximum absolute atomic E-state index is 12.2. The fourth-order valence-corrected chi connectivity index (χ4v) is 4.32. The lowest BCUT2D eigenvalue weighted by Gasteiger charge is -2.26. The van der Waals surface area contributed by atoms with Crippen molar-refractivity contribution in [3.05, 3.63) is 70.9 Å². The molecule has 2 saturated carbocycles. The zero-order valence-corrected chi connectivity index (χ0v) is 16.0. The lowest BCUT2D eigenvalue weighted by Crippen LogP contribution is -2.34. The molecule has 5 rings (SSSR count). The number of carboxylic acid groups (broad SMARTS) is 1. The van der Waals surface area contributed by atoms with Crippen molar-refractivity contribution in [3.8, 4) is 0 Å². The number of aromatic carboxylic acids is 1. The van der Waals surface area contributed by atoms with Crippen LogP contribution in [0.5, 0.6) is 0 Å². The summed E-state index contributed by atoms with van der Waals surface area (Å²) in [5, 5.41) is 14.6. The van der Waals surface area contributed by atoms with Crippen LogP contribution in [0, 0.1) is 0 Å². The van der Waals surface area contributed by atoms with Crippen molar-refractivity contribution >= 4 is 16.9 Å². The van der Waals surface area contributed by atoms with Crippen LogP contribution in [0.2, 0.25) is 0 Å². The van der Waals surface area contributed by atoms with Crippen LogP contribution in [0.1, 0.15) is 65.2 Å². The van der Waals surface area contributed by atoms with Gasteiger partial charge in [-0.05, 0) is 48.8 Å². The number of rotatable bonds is 7. The first-order chi connectivity index (χ1) is 13.7. The Bertz CT molecular complexity index is 1010. The van der Waals surface area contributed by atoms with E-state index in [0.717, 1.165) is 27.9 Å². The second-order valence-corrected chi connectivity index (χ2v) is 8.26. The monoisotopic (exact) mass is 374 g/mol. The van der Waals surface area contributed by atoms with Crippen molar-refractivity contribution in [3.63, 3.8) is 0 Å². The molecule has 2 aliphatic carbocycles. The molecule has 2 N–H and O–H groups in total. The summed E-state index contributed by atoms with van der Waals surface area (Å²) < 4.78 is 1.97. The van der Waals surface area contributed by atoms with Crippen molar-refractivity contribution in [1.82, 2.24) is 9.88 Å². The minimum absolute atomic E-state index is 0.416. The Kier molecular flexibility index (Phi) is 4.44. The standard InChI is InChI=1S/C24H26N2O2/c27-24(28)23-21(14-25-19-4-3-5-19)20-6-1-2-7-22(20)26(23)15-16-8-10-17(11-9-16)18-12-13-18/h1-2,6-11,18-19,25H,3-5,12-15H2,(H,27,28). The van der Waals surface area contributed by atoms with Gasteiger partial charge >= 0.3 is 5.97 Å². The SMILES string of the molecule is O=C(O)c1c(CNC2CCC2)c2ccccc2n1Cc1ccc(C2CC2)cc1. The number of carbonyl (C=O) groups is 1. The maximum Gasteiger partial charge on any atom is 0.352 e. The van der Waals surface area contributed by atoms with Crippen molar-refractivity contribution in [2.24, 2.45) is 0 Å². The van der Waals surface area contributed by atoms with E-state index in [1.54, 1.807) is 0 Å². The number of carboxylic acids is 1. The van der Waals surface area contributed by atoms with E-state index in [-0.39, 0.29) is 0 Å². The van der Waals surface area contributed by atoms with Crippen LogP contribution < -0.4 is 5.32 Å². The second-order valence-electron chi connectivity index (χ2n) is 8.26. The summed E-state index contributed by atoms with van der Waals surface area (Å²) in [6.45, 7) is 1.19. The molecular weight excluding hydrogens is 348 g/mol. The summed E-state index contributed by atoms with van der Waals surface area (Å²) in [5.41, 5.74) is 4.87. The first-order valence-electron chi connectivity index (χ1n) is 10.4. The van der Waals surface area contributed by atoms with E-state index in [1.165, 1.54) is 37.7 Å². The predicted molar refractivity (Wildman–Crippen MR) is 111 cm³/mol. The average Bonchev–Trinajstić information content (AvgIpc) is 3.46. The van der Waals surface area contributed by atoms with Gasteiger partial charge in [-0.3, -0.25) is 0 Å². The minimum atomic E-state index is -0.851. The van der Waals surface area contributed by atoms with Crippen LogP contribution in [-0.4, -0.2) is 21.7 Å². The number of hydrogen-bond acceptors (Lipinski definition) is 2. The van der Waals surface area contributed by atoms with E-state index < -0.39 is 5.97 Å². The molecular formula is C24H26N2O2. The molecule has 1 aromatic heterocycles. The summed E-state index contributed by atoms with van der Waals surface area (Å²) in [5.74, 6) is -0.114. The molecule has 0 bridgehead atoms. The third-order valence-electron chi connectivity index (χ3n) is 6.32. The molecule has 0 spiro atoms. The van der Waals surface area contributed by atoms with Crippen LogP contribution in [-0.2, 0) is 13.1 Å². The summed E-state index contributed by atoms with van der Waals surface area (Å²) in [4.78, 5) is 12.2. The normalized spacial score (nSPS) is 17.0. The molecule has 2 aromatic carbocycles. The van der Waals surface area contributed by atoms with Crippen LogP contribution in [0.3, 0.4) is 0 Å². The van der Waals surface area contributed by atoms with Crippen LogP contribution in [0.4, 0.5) is 0 Å². The maximum atomic E-state index is 12.2. The molecule has 0 aliphatic heterocycles.